The topological polar surface area (TPSA) is 32.3 Å². The summed E-state index contributed by atoms with van der Waals surface area (Å²) in [4.78, 5) is 14.6. The third kappa shape index (κ3) is 1.79. The molecule has 1 aliphatic heterocycles. The average molecular weight is 230 g/mol. The molecule has 1 N–H and O–H groups in total. The highest BCUT2D eigenvalue weighted by Gasteiger charge is 2.37. The van der Waals surface area contributed by atoms with Crippen LogP contribution in [0, 0.1) is 0 Å². The van der Waals surface area contributed by atoms with Crippen molar-refractivity contribution in [2.75, 3.05) is 18.4 Å². The lowest BCUT2D eigenvalue weighted by Crippen LogP contribution is -2.37. The van der Waals surface area contributed by atoms with Crippen LogP contribution < -0.4 is 5.32 Å². The third-order valence-corrected chi connectivity index (χ3v) is 3.74. The number of anilines is 1. The van der Waals surface area contributed by atoms with Gasteiger partial charge in [0.15, 0.2) is 0 Å². The van der Waals surface area contributed by atoms with Crippen LogP contribution in [0.15, 0.2) is 24.3 Å². The van der Waals surface area contributed by atoms with E-state index in [1.165, 1.54) is 12.8 Å². The molecule has 1 heterocycles. The van der Waals surface area contributed by atoms with E-state index in [0.717, 1.165) is 24.3 Å². The molecule has 1 saturated carbocycles. The zero-order valence-corrected chi connectivity index (χ0v) is 10.1. The fourth-order valence-corrected chi connectivity index (χ4v) is 2.68. The summed E-state index contributed by atoms with van der Waals surface area (Å²) in [6.07, 6.45) is 2.36. The van der Waals surface area contributed by atoms with Gasteiger partial charge in [0.1, 0.15) is 0 Å². The van der Waals surface area contributed by atoms with Gasteiger partial charge in [-0.3, -0.25) is 4.79 Å². The van der Waals surface area contributed by atoms with Crippen molar-refractivity contribution in [1.29, 1.82) is 0 Å². The molecule has 1 aliphatic carbocycles. The molecule has 3 rings (SSSR count). The fraction of sp³-hybridized carbons (Fsp3) is 0.500. The predicted octanol–water partition coefficient (Wildman–Crippen LogP) is 2.21. The predicted molar refractivity (Wildman–Crippen MR) is 68.1 cm³/mol. The lowest BCUT2D eigenvalue weighted by molar-refractivity contribution is -0.132. The molecule has 1 aromatic carbocycles. The zero-order valence-electron chi connectivity index (χ0n) is 10.1. The Morgan fingerprint density at radius 3 is 2.88 bits per heavy atom. The van der Waals surface area contributed by atoms with Crippen LogP contribution in [-0.4, -0.2) is 29.9 Å². The Labute approximate surface area is 102 Å². The second-order valence-corrected chi connectivity index (χ2v) is 4.88. The van der Waals surface area contributed by atoms with E-state index in [4.69, 9.17) is 0 Å². The molecule has 0 bridgehead atoms. The number of carbonyl (C=O) groups is 1. The molecular weight excluding hydrogens is 212 g/mol. The van der Waals surface area contributed by atoms with E-state index in [1.54, 1.807) is 0 Å². The van der Waals surface area contributed by atoms with E-state index in [-0.39, 0.29) is 5.92 Å². The van der Waals surface area contributed by atoms with Crippen molar-refractivity contribution in [3.63, 3.8) is 0 Å². The minimum atomic E-state index is 0.0201. The lowest BCUT2D eigenvalue weighted by atomic mass is 10.00. The summed E-state index contributed by atoms with van der Waals surface area (Å²) in [5.41, 5.74) is 2.29. The maximum absolute atomic E-state index is 12.5. The molecule has 1 atom stereocenters. The Morgan fingerprint density at radius 1 is 1.41 bits per heavy atom. The summed E-state index contributed by atoms with van der Waals surface area (Å²) in [5, 5.41) is 3.32. The second kappa shape index (κ2) is 4.06. The van der Waals surface area contributed by atoms with Crippen molar-refractivity contribution < 1.29 is 4.79 Å². The zero-order chi connectivity index (χ0) is 11.8. The lowest BCUT2D eigenvalue weighted by Gasteiger charge is -2.24. The quantitative estimate of drug-likeness (QED) is 0.863. The number of nitrogens with one attached hydrogen (secondary N) is 1. The van der Waals surface area contributed by atoms with Gasteiger partial charge >= 0.3 is 0 Å². The molecule has 90 valence electrons. The molecule has 0 spiro atoms. The monoisotopic (exact) mass is 230 g/mol. The Morgan fingerprint density at radius 2 is 2.18 bits per heavy atom. The number of carbonyl (C=O) groups excluding carboxylic acids is 1. The molecule has 1 unspecified atom stereocenters. The summed E-state index contributed by atoms with van der Waals surface area (Å²) in [6, 6.07) is 8.66. The van der Waals surface area contributed by atoms with Crippen LogP contribution in [0.2, 0.25) is 0 Å². The van der Waals surface area contributed by atoms with Gasteiger partial charge in [0.25, 0.3) is 0 Å². The summed E-state index contributed by atoms with van der Waals surface area (Å²) in [6.45, 7) is 3.66. The van der Waals surface area contributed by atoms with Crippen molar-refractivity contribution in [2.45, 2.75) is 31.7 Å². The first kappa shape index (κ1) is 10.6. The number of benzene rings is 1. The minimum absolute atomic E-state index is 0.0201. The molecule has 0 radical (unpaired) electrons. The Balaban J connectivity index is 1.83. The first-order valence-electron chi connectivity index (χ1n) is 6.44. The van der Waals surface area contributed by atoms with Crippen LogP contribution >= 0.6 is 0 Å². The summed E-state index contributed by atoms with van der Waals surface area (Å²) in [5.74, 6) is 0.319. The molecule has 2 aliphatic rings. The van der Waals surface area contributed by atoms with E-state index in [2.05, 4.69) is 29.3 Å². The number of likely N-dealkylation sites (N-methyl/N-ethyl adjacent to an activating group) is 1. The summed E-state index contributed by atoms with van der Waals surface area (Å²) >= 11 is 0. The maximum Gasteiger partial charge on any atom is 0.232 e. The standard InChI is InChI=1S/C14H18N2O/c1-2-16(10-7-8-10)14(17)12-9-15-13-6-4-3-5-11(12)13/h3-6,10,12,15H,2,7-9H2,1H3. The molecule has 0 aromatic heterocycles. The number of hydrogen-bond donors (Lipinski definition) is 1. The van der Waals surface area contributed by atoms with E-state index in [9.17, 15) is 4.79 Å². The fourth-order valence-electron chi connectivity index (χ4n) is 2.68. The van der Waals surface area contributed by atoms with E-state index in [0.29, 0.717) is 11.9 Å². The van der Waals surface area contributed by atoms with Gasteiger partial charge < -0.3 is 10.2 Å². The van der Waals surface area contributed by atoms with Crippen LogP contribution in [-0.2, 0) is 4.79 Å². The molecule has 1 amide bonds. The Bertz CT molecular complexity index is 440. The molecular formula is C14H18N2O. The molecule has 1 fully saturated rings. The van der Waals surface area contributed by atoms with Gasteiger partial charge in [-0.1, -0.05) is 18.2 Å². The van der Waals surface area contributed by atoms with Crippen molar-refractivity contribution >= 4 is 11.6 Å². The first-order chi connectivity index (χ1) is 8.31. The molecule has 3 nitrogen and oxygen atoms in total. The van der Waals surface area contributed by atoms with Gasteiger partial charge in [-0.05, 0) is 31.4 Å². The number of nitrogens with zero attached hydrogens (tertiary/aromatic N) is 1. The highest BCUT2D eigenvalue weighted by atomic mass is 16.2. The molecule has 3 heteroatoms. The van der Waals surface area contributed by atoms with Gasteiger partial charge in [0.2, 0.25) is 5.91 Å². The minimum Gasteiger partial charge on any atom is -0.384 e. The van der Waals surface area contributed by atoms with Crippen molar-refractivity contribution in [1.82, 2.24) is 4.90 Å². The Kier molecular flexibility index (Phi) is 2.54. The molecule has 1 aromatic rings. The number of hydrogen-bond acceptors (Lipinski definition) is 2. The van der Waals surface area contributed by atoms with Crippen LogP contribution in [0.5, 0.6) is 0 Å². The van der Waals surface area contributed by atoms with Gasteiger partial charge in [0, 0.05) is 24.8 Å². The van der Waals surface area contributed by atoms with E-state index < -0.39 is 0 Å². The van der Waals surface area contributed by atoms with Crippen molar-refractivity contribution in [3.8, 4) is 0 Å². The van der Waals surface area contributed by atoms with Gasteiger partial charge in [-0.25, -0.2) is 0 Å². The number of para-hydroxylation sites is 1. The Hall–Kier alpha value is -1.51. The number of fused-ring (bicyclic) bond motifs is 1. The molecule has 17 heavy (non-hydrogen) atoms. The third-order valence-electron chi connectivity index (χ3n) is 3.74. The first-order valence-corrected chi connectivity index (χ1v) is 6.44. The van der Waals surface area contributed by atoms with Gasteiger partial charge in [-0.2, -0.15) is 0 Å². The van der Waals surface area contributed by atoms with Crippen molar-refractivity contribution in [2.24, 2.45) is 0 Å². The van der Waals surface area contributed by atoms with E-state index in [1.807, 2.05) is 12.1 Å². The van der Waals surface area contributed by atoms with Crippen LogP contribution in [0.25, 0.3) is 0 Å². The normalized spacial score (nSPS) is 21.8. The van der Waals surface area contributed by atoms with Crippen LogP contribution in [0.3, 0.4) is 0 Å². The number of rotatable bonds is 3. The van der Waals surface area contributed by atoms with Gasteiger partial charge in [-0.15, -0.1) is 0 Å². The smallest absolute Gasteiger partial charge is 0.232 e. The van der Waals surface area contributed by atoms with Crippen molar-refractivity contribution in [3.05, 3.63) is 29.8 Å². The largest absolute Gasteiger partial charge is 0.384 e. The highest BCUT2D eigenvalue weighted by molar-refractivity contribution is 5.88. The van der Waals surface area contributed by atoms with E-state index >= 15 is 0 Å². The number of amides is 1. The van der Waals surface area contributed by atoms with Gasteiger partial charge in [0.05, 0.1) is 5.92 Å². The summed E-state index contributed by atoms with van der Waals surface area (Å²) < 4.78 is 0. The SMILES string of the molecule is CCN(C(=O)C1CNc2ccccc21)C1CC1. The molecule has 0 saturated heterocycles. The van der Waals surface area contributed by atoms with Crippen LogP contribution in [0.4, 0.5) is 5.69 Å². The average Bonchev–Trinajstić information content (AvgIpc) is 3.09. The van der Waals surface area contributed by atoms with Crippen LogP contribution in [0.1, 0.15) is 31.2 Å². The highest BCUT2D eigenvalue weighted by Crippen LogP contribution is 2.35. The second-order valence-electron chi connectivity index (χ2n) is 4.88. The summed E-state index contributed by atoms with van der Waals surface area (Å²) in [7, 11) is 0. The maximum atomic E-state index is 12.5.